The standard InChI is InChI=1S/C8H15O6PS2/c1-4-14-7(9)5-6(8(10)11)17-15(16,12-2)13-3/h6H,4-5H2,1-3H3,(H,10,11)/t6-/m0/s1. The molecule has 6 nitrogen and oxygen atoms in total. The van der Waals surface area contributed by atoms with Crippen LogP contribution in [-0.2, 0) is 35.2 Å². The summed E-state index contributed by atoms with van der Waals surface area (Å²) in [6, 6.07) is 0. The molecular weight excluding hydrogens is 287 g/mol. The van der Waals surface area contributed by atoms with Crippen LogP contribution in [0.4, 0.5) is 0 Å². The fourth-order valence-corrected chi connectivity index (χ4v) is 4.67. The molecule has 0 amide bonds. The van der Waals surface area contributed by atoms with Gasteiger partial charge in [-0.1, -0.05) is 11.4 Å². The summed E-state index contributed by atoms with van der Waals surface area (Å²) in [6.45, 7) is 1.86. The Kier molecular flexibility index (Phi) is 7.98. The van der Waals surface area contributed by atoms with Crippen LogP contribution < -0.4 is 0 Å². The van der Waals surface area contributed by atoms with Gasteiger partial charge in [0.1, 0.15) is 5.25 Å². The Balaban J connectivity index is 4.60. The van der Waals surface area contributed by atoms with Crippen molar-refractivity contribution in [2.45, 2.75) is 18.6 Å². The average Bonchev–Trinajstić information content (AvgIpc) is 2.28. The molecule has 9 heteroatoms. The van der Waals surface area contributed by atoms with Gasteiger partial charge >= 0.3 is 11.9 Å². The predicted molar refractivity (Wildman–Crippen MR) is 68.6 cm³/mol. The lowest BCUT2D eigenvalue weighted by Gasteiger charge is -2.20. The van der Waals surface area contributed by atoms with Crippen molar-refractivity contribution in [2.24, 2.45) is 0 Å². The third-order valence-corrected chi connectivity index (χ3v) is 7.51. The summed E-state index contributed by atoms with van der Waals surface area (Å²) < 4.78 is 14.6. The maximum absolute atomic E-state index is 11.2. The Hall–Kier alpha value is -0.140. The summed E-state index contributed by atoms with van der Waals surface area (Å²) in [7, 11) is 2.70. The van der Waals surface area contributed by atoms with Gasteiger partial charge in [-0.25, -0.2) is 0 Å². The monoisotopic (exact) mass is 302 g/mol. The Morgan fingerprint density at radius 1 is 1.41 bits per heavy atom. The number of carbonyl (C=O) groups is 2. The topological polar surface area (TPSA) is 82.1 Å². The first kappa shape index (κ1) is 16.9. The molecular formula is C8H15O6PS2. The molecule has 0 rings (SSSR count). The van der Waals surface area contributed by atoms with Gasteiger partial charge in [0.2, 0.25) is 5.69 Å². The molecule has 0 radical (unpaired) electrons. The number of hydrogen-bond acceptors (Lipinski definition) is 7. The highest BCUT2D eigenvalue weighted by Crippen LogP contribution is 2.61. The molecule has 0 bridgehead atoms. The first-order valence-corrected chi connectivity index (χ1v) is 8.79. The van der Waals surface area contributed by atoms with Crippen molar-refractivity contribution < 1.29 is 28.5 Å². The predicted octanol–water partition coefficient (Wildman–Crippen LogP) is 1.64. The van der Waals surface area contributed by atoms with Crippen LogP contribution in [0.25, 0.3) is 0 Å². The smallest absolute Gasteiger partial charge is 0.317 e. The van der Waals surface area contributed by atoms with Gasteiger partial charge in [0.15, 0.2) is 0 Å². The molecule has 0 unspecified atom stereocenters. The normalized spacial score (nSPS) is 13.1. The molecule has 0 aliphatic rings. The largest absolute Gasteiger partial charge is 0.480 e. The maximum atomic E-state index is 11.2. The van der Waals surface area contributed by atoms with E-state index in [0.29, 0.717) is 0 Å². The zero-order valence-corrected chi connectivity index (χ0v) is 12.3. The second-order valence-electron chi connectivity index (χ2n) is 2.75. The van der Waals surface area contributed by atoms with Crippen molar-refractivity contribution >= 4 is 40.8 Å². The van der Waals surface area contributed by atoms with Crippen LogP contribution in [0.1, 0.15) is 13.3 Å². The Morgan fingerprint density at radius 3 is 2.29 bits per heavy atom. The molecule has 17 heavy (non-hydrogen) atoms. The van der Waals surface area contributed by atoms with Crippen LogP contribution in [0.2, 0.25) is 0 Å². The van der Waals surface area contributed by atoms with Gasteiger partial charge in [-0.3, -0.25) is 9.59 Å². The number of carboxylic acid groups (broad SMARTS) is 1. The maximum Gasteiger partial charge on any atom is 0.317 e. The number of carbonyl (C=O) groups excluding carboxylic acids is 1. The van der Waals surface area contributed by atoms with Gasteiger partial charge in [-0.15, -0.1) is 0 Å². The third-order valence-electron chi connectivity index (χ3n) is 1.64. The van der Waals surface area contributed by atoms with Gasteiger partial charge < -0.3 is 18.9 Å². The van der Waals surface area contributed by atoms with E-state index in [2.05, 4.69) is 4.74 Å². The molecule has 0 aromatic heterocycles. The zero-order chi connectivity index (χ0) is 13.5. The Labute approximate surface area is 109 Å². The van der Waals surface area contributed by atoms with Crippen molar-refractivity contribution in [1.29, 1.82) is 0 Å². The van der Waals surface area contributed by atoms with E-state index in [-0.39, 0.29) is 13.0 Å². The van der Waals surface area contributed by atoms with Crippen molar-refractivity contribution in [3.05, 3.63) is 0 Å². The first-order chi connectivity index (χ1) is 7.88. The van der Waals surface area contributed by atoms with Crippen molar-refractivity contribution in [3.63, 3.8) is 0 Å². The second kappa shape index (κ2) is 8.05. The van der Waals surface area contributed by atoms with E-state index in [9.17, 15) is 9.59 Å². The highest BCUT2D eigenvalue weighted by atomic mass is 32.9. The van der Waals surface area contributed by atoms with Crippen LogP contribution in [0.3, 0.4) is 0 Å². The van der Waals surface area contributed by atoms with Gasteiger partial charge in [-0.05, 0) is 18.7 Å². The van der Waals surface area contributed by atoms with Crippen LogP contribution in [0.5, 0.6) is 0 Å². The third kappa shape index (κ3) is 6.38. The van der Waals surface area contributed by atoms with Crippen molar-refractivity contribution in [1.82, 2.24) is 0 Å². The Bertz CT molecular complexity index is 313. The number of esters is 1. The first-order valence-electron chi connectivity index (χ1n) is 4.66. The van der Waals surface area contributed by atoms with Crippen LogP contribution in [0.15, 0.2) is 0 Å². The highest BCUT2D eigenvalue weighted by molar-refractivity contribution is 8.68. The number of carboxylic acids is 1. The van der Waals surface area contributed by atoms with Crippen molar-refractivity contribution in [2.75, 3.05) is 20.8 Å². The van der Waals surface area contributed by atoms with E-state index in [1.54, 1.807) is 6.92 Å². The summed E-state index contributed by atoms with van der Waals surface area (Å²) >= 11 is 5.87. The number of aliphatic carboxylic acids is 1. The lowest BCUT2D eigenvalue weighted by atomic mass is 10.3. The van der Waals surface area contributed by atoms with E-state index < -0.39 is 22.9 Å². The highest BCUT2D eigenvalue weighted by Gasteiger charge is 2.30. The van der Waals surface area contributed by atoms with E-state index in [1.807, 2.05) is 0 Å². The fraction of sp³-hybridized carbons (Fsp3) is 0.750. The molecule has 0 aliphatic carbocycles. The molecule has 0 spiro atoms. The Morgan fingerprint density at radius 2 is 1.94 bits per heavy atom. The molecule has 0 saturated heterocycles. The summed E-state index contributed by atoms with van der Waals surface area (Å²) in [4.78, 5) is 22.2. The second-order valence-corrected chi connectivity index (χ2v) is 9.37. The van der Waals surface area contributed by atoms with E-state index in [1.165, 1.54) is 14.2 Å². The molecule has 0 fully saturated rings. The molecule has 0 aliphatic heterocycles. The molecule has 0 aromatic carbocycles. The number of rotatable bonds is 8. The molecule has 0 saturated carbocycles. The summed E-state index contributed by atoms with van der Waals surface area (Å²) in [6.07, 6.45) is -0.265. The van der Waals surface area contributed by atoms with E-state index >= 15 is 0 Å². The fourth-order valence-electron chi connectivity index (χ4n) is 0.857. The zero-order valence-electron chi connectivity index (χ0n) is 9.74. The van der Waals surface area contributed by atoms with Crippen LogP contribution in [0, 0.1) is 0 Å². The summed E-state index contributed by atoms with van der Waals surface area (Å²) in [5, 5.41) is 7.95. The van der Waals surface area contributed by atoms with Crippen LogP contribution >= 0.6 is 17.1 Å². The summed E-state index contributed by atoms with van der Waals surface area (Å²) in [5.74, 6) is -1.73. The molecule has 0 aromatic rings. The lowest BCUT2D eigenvalue weighted by molar-refractivity contribution is -0.146. The SMILES string of the molecule is CCOC(=O)C[C@H](SP(=S)(OC)OC)C(=O)O. The number of hydrogen-bond donors (Lipinski definition) is 1. The summed E-state index contributed by atoms with van der Waals surface area (Å²) in [5.41, 5.74) is -2.70. The van der Waals surface area contributed by atoms with Gasteiger partial charge in [0.05, 0.1) is 13.0 Å². The van der Waals surface area contributed by atoms with E-state index in [0.717, 1.165) is 11.4 Å². The molecule has 100 valence electrons. The molecule has 1 atom stereocenters. The molecule has 0 heterocycles. The van der Waals surface area contributed by atoms with Crippen LogP contribution in [-0.4, -0.2) is 43.1 Å². The van der Waals surface area contributed by atoms with Crippen molar-refractivity contribution in [3.8, 4) is 0 Å². The van der Waals surface area contributed by atoms with Gasteiger partial charge in [0, 0.05) is 14.2 Å². The quantitative estimate of drug-likeness (QED) is 0.535. The lowest BCUT2D eigenvalue weighted by Crippen LogP contribution is -2.21. The van der Waals surface area contributed by atoms with Gasteiger partial charge in [0.25, 0.3) is 0 Å². The minimum Gasteiger partial charge on any atom is -0.480 e. The van der Waals surface area contributed by atoms with Gasteiger partial charge in [-0.2, -0.15) is 0 Å². The number of ether oxygens (including phenoxy) is 1. The van der Waals surface area contributed by atoms with E-state index in [4.69, 9.17) is 26.0 Å². The molecule has 1 N–H and O–H groups in total. The minimum atomic E-state index is -2.70. The minimum absolute atomic E-state index is 0.207. The average molecular weight is 302 g/mol.